The molecular weight excluding hydrogens is 166 g/mol. The van der Waals surface area contributed by atoms with Crippen LogP contribution in [0.25, 0.3) is 0 Å². The normalized spacial score (nSPS) is 16.1. The van der Waals surface area contributed by atoms with E-state index in [0.717, 1.165) is 31.4 Å². The van der Waals surface area contributed by atoms with E-state index < -0.39 is 0 Å². The molecule has 70 valence electrons. The number of hydrogen-bond acceptors (Lipinski definition) is 3. The van der Waals surface area contributed by atoms with E-state index in [4.69, 9.17) is 5.26 Å². The van der Waals surface area contributed by atoms with Crippen molar-refractivity contribution in [2.24, 2.45) is 5.10 Å². The van der Waals surface area contributed by atoms with Gasteiger partial charge in [-0.3, -0.25) is 4.79 Å². The molecule has 0 saturated heterocycles. The molecule has 0 aromatic heterocycles. The quantitative estimate of drug-likeness (QED) is 0.650. The van der Waals surface area contributed by atoms with Gasteiger partial charge in [0.25, 0.3) is 5.91 Å². The lowest BCUT2D eigenvalue weighted by Gasteiger charge is -2.11. The molecule has 0 atom stereocenters. The van der Waals surface area contributed by atoms with Gasteiger partial charge in [-0.05, 0) is 25.7 Å². The topological polar surface area (TPSA) is 65.2 Å². The summed E-state index contributed by atoms with van der Waals surface area (Å²) in [5.74, 6) is -0.319. The van der Waals surface area contributed by atoms with Gasteiger partial charge in [0, 0.05) is 5.71 Å². The third-order valence-electron chi connectivity index (χ3n) is 2.01. The summed E-state index contributed by atoms with van der Waals surface area (Å²) in [7, 11) is 0. The number of nitrogens with zero attached hydrogens (tertiary/aromatic N) is 2. The van der Waals surface area contributed by atoms with Crippen LogP contribution in [0.15, 0.2) is 5.10 Å². The van der Waals surface area contributed by atoms with Gasteiger partial charge in [0.05, 0.1) is 6.07 Å². The average Bonchev–Trinajstić information content (AvgIpc) is 2.17. The minimum atomic E-state index is -0.319. The van der Waals surface area contributed by atoms with Crippen molar-refractivity contribution in [2.75, 3.05) is 0 Å². The van der Waals surface area contributed by atoms with Crippen LogP contribution in [0.4, 0.5) is 0 Å². The van der Waals surface area contributed by atoms with Gasteiger partial charge < -0.3 is 0 Å². The monoisotopic (exact) mass is 179 g/mol. The van der Waals surface area contributed by atoms with Crippen molar-refractivity contribution in [3.05, 3.63) is 0 Å². The van der Waals surface area contributed by atoms with Crippen molar-refractivity contribution in [3.8, 4) is 6.07 Å². The maximum Gasteiger partial charge on any atom is 0.254 e. The fourth-order valence-corrected chi connectivity index (χ4v) is 1.32. The third-order valence-corrected chi connectivity index (χ3v) is 2.01. The molecule has 1 fully saturated rings. The molecule has 4 heteroatoms. The van der Waals surface area contributed by atoms with Crippen LogP contribution >= 0.6 is 0 Å². The van der Waals surface area contributed by atoms with E-state index >= 15 is 0 Å². The first-order valence-electron chi connectivity index (χ1n) is 4.54. The minimum absolute atomic E-state index is 0.114. The van der Waals surface area contributed by atoms with Crippen molar-refractivity contribution in [1.82, 2.24) is 5.43 Å². The highest BCUT2D eigenvalue weighted by atomic mass is 16.2. The van der Waals surface area contributed by atoms with Crippen LogP contribution in [-0.4, -0.2) is 11.6 Å². The second-order valence-corrected chi connectivity index (χ2v) is 3.11. The number of nitriles is 1. The molecular formula is C9H13N3O. The zero-order valence-electron chi connectivity index (χ0n) is 7.55. The molecule has 0 aliphatic heterocycles. The Morgan fingerprint density at radius 2 is 2.15 bits per heavy atom. The molecule has 0 unspecified atom stereocenters. The van der Waals surface area contributed by atoms with Gasteiger partial charge in [-0.2, -0.15) is 10.4 Å². The summed E-state index contributed by atoms with van der Waals surface area (Å²) in [6, 6.07) is 1.77. The number of hydrogen-bond donors (Lipinski definition) is 1. The van der Waals surface area contributed by atoms with Crippen LogP contribution in [0.2, 0.25) is 0 Å². The van der Waals surface area contributed by atoms with E-state index in [9.17, 15) is 4.79 Å². The highest BCUT2D eigenvalue weighted by Gasteiger charge is 2.07. The Labute approximate surface area is 77.6 Å². The Morgan fingerprint density at radius 1 is 1.46 bits per heavy atom. The number of carbonyl (C=O) groups is 1. The second kappa shape index (κ2) is 5.31. The molecule has 1 rings (SSSR count). The summed E-state index contributed by atoms with van der Waals surface area (Å²) in [6.45, 7) is 0. The molecule has 13 heavy (non-hydrogen) atoms. The van der Waals surface area contributed by atoms with Crippen LogP contribution in [0.1, 0.15) is 38.5 Å². The number of carbonyl (C=O) groups excluding carboxylic acids is 1. The Morgan fingerprint density at radius 3 is 2.77 bits per heavy atom. The Kier molecular flexibility index (Phi) is 3.97. The lowest BCUT2D eigenvalue weighted by atomic mass is 9.99. The standard InChI is InChI=1S/C9H13N3O/c10-7-6-9(13)12-11-8-4-2-1-3-5-8/h1-6H2,(H,12,13). The van der Waals surface area contributed by atoms with Gasteiger partial charge >= 0.3 is 0 Å². The van der Waals surface area contributed by atoms with Gasteiger partial charge in [0.2, 0.25) is 0 Å². The summed E-state index contributed by atoms with van der Waals surface area (Å²) in [5.41, 5.74) is 3.43. The molecule has 4 nitrogen and oxygen atoms in total. The average molecular weight is 179 g/mol. The Hall–Kier alpha value is -1.37. The van der Waals surface area contributed by atoms with Gasteiger partial charge in [-0.25, -0.2) is 5.43 Å². The molecule has 0 spiro atoms. The largest absolute Gasteiger partial charge is 0.272 e. The SMILES string of the molecule is N#CCC(=O)NN=C1CCCCC1. The fourth-order valence-electron chi connectivity index (χ4n) is 1.32. The molecule has 1 aliphatic rings. The molecule has 1 saturated carbocycles. The van der Waals surface area contributed by atoms with Crippen molar-refractivity contribution >= 4 is 11.6 Å². The van der Waals surface area contributed by atoms with E-state index in [2.05, 4.69) is 10.5 Å². The van der Waals surface area contributed by atoms with E-state index in [-0.39, 0.29) is 12.3 Å². The van der Waals surface area contributed by atoms with Crippen molar-refractivity contribution in [3.63, 3.8) is 0 Å². The van der Waals surface area contributed by atoms with Gasteiger partial charge in [0.1, 0.15) is 6.42 Å². The summed E-state index contributed by atoms with van der Waals surface area (Å²) in [6.07, 6.45) is 5.42. The van der Waals surface area contributed by atoms with Crippen LogP contribution in [0.3, 0.4) is 0 Å². The molecule has 1 amide bonds. The first-order chi connectivity index (χ1) is 6.33. The summed E-state index contributed by atoms with van der Waals surface area (Å²) >= 11 is 0. The molecule has 0 aromatic rings. The van der Waals surface area contributed by atoms with Crippen molar-refractivity contribution in [2.45, 2.75) is 38.5 Å². The summed E-state index contributed by atoms with van der Waals surface area (Å²) in [5, 5.41) is 12.2. The van der Waals surface area contributed by atoms with Gasteiger partial charge in [0.15, 0.2) is 0 Å². The summed E-state index contributed by atoms with van der Waals surface area (Å²) < 4.78 is 0. The minimum Gasteiger partial charge on any atom is -0.272 e. The van der Waals surface area contributed by atoms with E-state index in [1.807, 2.05) is 0 Å². The van der Waals surface area contributed by atoms with Crippen LogP contribution < -0.4 is 5.43 Å². The first-order valence-corrected chi connectivity index (χ1v) is 4.54. The zero-order valence-corrected chi connectivity index (χ0v) is 7.55. The van der Waals surface area contributed by atoms with Crippen LogP contribution in [0.5, 0.6) is 0 Å². The molecule has 0 radical (unpaired) electrons. The lowest BCUT2D eigenvalue weighted by molar-refractivity contribution is -0.120. The van der Waals surface area contributed by atoms with Crippen LogP contribution in [0, 0.1) is 11.3 Å². The predicted octanol–water partition coefficient (Wildman–Crippen LogP) is 1.34. The lowest BCUT2D eigenvalue weighted by Crippen LogP contribution is -2.19. The number of rotatable bonds is 2. The Bertz CT molecular complexity index is 244. The fraction of sp³-hybridized carbons (Fsp3) is 0.667. The molecule has 1 N–H and O–H groups in total. The van der Waals surface area contributed by atoms with E-state index in [0.29, 0.717) is 0 Å². The summed E-state index contributed by atoms with van der Waals surface area (Å²) in [4.78, 5) is 10.8. The number of hydrazone groups is 1. The maximum atomic E-state index is 10.8. The smallest absolute Gasteiger partial charge is 0.254 e. The van der Waals surface area contributed by atoms with Crippen LogP contribution in [-0.2, 0) is 4.79 Å². The highest BCUT2D eigenvalue weighted by Crippen LogP contribution is 2.14. The maximum absolute atomic E-state index is 10.8. The Balaban J connectivity index is 2.30. The second-order valence-electron chi connectivity index (χ2n) is 3.11. The van der Waals surface area contributed by atoms with E-state index in [1.54, 1.807) is 6.07 Å². The predicted molar refractivity (Wildman–Crippen MR) is 48.9 cm³/mol. The number of amides is 1. The van der Waals surface area contributed by atoms with Crippen molar-refractivity contribution in [1.29, 1.82) is 5.26 Å². The molecule has 0 aromatic carbocycles. The highest BCUT2D eigenvalue weighted by molar-refractivity contribution is 5.87. The molecule has 0 bridgehead atoms. The molecule has 0 heterocycles. The van der Waals surface area contributed by atoms with Gasteiger partial charge in [-0.1, -0.05) is 6.42 Å². The molecule has 1 aliphatic carbocycles. The first kappa shape index (κ1) is 9.72. The van der Waals surface area contributed by atoms with Gasteiger partial charge in [-0.15, -0.1) is 0 Å². The van der Waals surface area contributed by atoms with Crippen molar-refractivity contribution < 1.29 is 4.79 Å². The third kappa shape index (κ3) is 3.70. The van der Waals surface area contributed by atoms with E-state index in [1.165, 1.54) is 6.42 Å². The zero-order chi connectivity index (χ0) is 9.52. The number of nitrogens with one attached hydrogen (secondary N) is 1.